The van der Waals surface area contributed by atoms with Crippen molar-refractivity contribution >= 4 is 29.1 Å². The SMILES string of the molecule is O=C(/C=C/c1ccccc1)N(Cc1cccs1)c1ccccn1. The molecule has 0 fully saturated rings. The van der Waals surface area contributed by atoms with Crippen molar-refractivity contribution in [2.45, 2.75) is 6.54 Å². The number of hydrogen-bond acceptors (Lipinski definition) is 3. The van der Waals surface area contributed by atoms with E-state index < -0.39 is 0 Å². The fourth-order valence-corrected chi connectivity index (χ4v) is 2.86. The summed E-state index contributed by atoms with van der Waals surface area (Å²) in [4.78, 5) is 19.8. The summed E-state index contributed by atoms with van der Waals surface area (Å²) in [7, 11) is 0. The molecule has 2 aromatic heterocycles. The predicted octanol–water partition coefficient (Wildman–Crippen LogP) is 4.39. The summed E-state index contributed by atoms with van der Waals surface area (Å²) >= 11 is 1.63. The van der Waals surface area contributed by atoms with Gasteiger partial charge in [-0.25, -0.2) is 4.98 Å². The Labute approximate surface area is 139 Å². The molecule has 1 aromatic carbocycles. The number of pyridine rings is 1. The van der Waals surface area contributed by atoms with E-state index in [2.05, 4.69) is 4.98 Å². The summed E-state index contributed by atoms with van der Waals surface area (Å²) in [5.41, 5.74) is 0.998. The van der Waals surface area contributed by atoms with E-state index in [1.165, 1.54) is 0 Å². The van der Waals surface area contributed by atoms with E-state index >= 15 is 0 Å². The topological polar surface area (TPSA) is 33.2 Å². The number of rotatable bonds is 5. The van der Waals surface area contributed by atoms with Crippen LogP contribution in [0.4, 0.5) is 5.82 Å². The lowest BCUT2D eigenvalue weighted by atomic mass is 10.2. The maximum Gasteiger partial charge on any atom is 0.252 e. The molecule has 0 radical (unpaired) electrons. The first-order valence-corrected chi connectivity index (χ1v) is 8.19. The fourth-order valence-electron chi connectivity index (χ4n) is 2.17. The Morgan fingerprint density at radius 1 is 1.04 bits per heavy atom. The molecule has 4 heteroatoms. The molecular weight excluding hydrogens is 304 g/mol. The number of thiophene rings is 1. The van der Waals surface area contributed by atoms with Crippen molar-refractivity contribution in [2.24, 2.45) is 0 Å². The minimum atomic E-state index is -0.0825. The van der Waals surface area contributed by atoms with Gasteiger partial charge in [0.25, 0.3) is 5.91 Å². The van der Waals surface area contributed by atoms with Gasteiger partial charge in [0, 0.05) is 17.2 Å². The lowest BCUT2D eigenvalue weighted by molar-refractivity contribution is -0.114. The number of carbonyl (C=O) groups is 1. The molecule has 0 N–H and O–H groups in total. The van der Waals surface area contributed by atoms with Crippen molar-refractivity contribution in [1.29, 1.82) is 0 Å². The number of anilines is 1. The zero-order chi connectivity index (χ0) is 15.9. The van der Waals surface area contributed by atoms with Gasteiger partial charge in [0.2, 0.25) is 0 Å². The number of amides is 1. The second-order valence-corrected chi connectivity index (χ2v) is 5.97. The molecule has 0 spiro atoms. The van der Waals surface area contributed by atoms with Crippen LogP contribution in [0.15, 0.2) is 78.3 Å². The number of hydrogen-bond donors (Lipinski definition) is 0. The molecule has 0 saturated carbocycles. The van der Waals surface area contributed by atoms with Crippen LogP contribution in [0, 0.1) is 0 Å². The highest BCUT2D eigenvalue weighted by molar-refractivity contribution is 7.09. The summed E-state index contributed by atoms with van der Waals surface area (Å²) in [6.07, 6.45) is 5.12. The summed E-state index contributed by atoms with van der Waals surface area (Å²) in [5, 5.41) is 2.01. The number of benzene rings is 1. The predicted molar refractivity (Wildman–Crippen MR) is 95.2 cm³/mol. The first-order valence-electron chi connectivity index (χ1n) is 7.31. The summed E-state index contributed by atoms with van der Waals surface area (Å²) in [5.74, 6) is 0.574. The van der Waals surface area contributed by atoms with E-state index in [4.69, 9.17) is 0 Å². The maximum atomic E-state index is 12.6. The van der Waals surface area contributed by atoms with E-state index in [1.54, 1.807) is 28.5 Å². The lowest BCUT2D eigenvalue weighted by Gasteiger charge is -2.19. The molecule has 2 heterocycles. The molecule has 114 valence electrons. The number of aromatic nitrogens is 1. The average Bonchev–Trinajstić information content (AvgIpc) is 3.12. The smallest absolute Gasteiger partial charge is 0.252 e. The van der Waals surface area contributed by atoms with Crippen LogP contribution in [0.3, 0.4) is 0 Å². The summed E-state index contributed by atoms with van der Waals surface area (Å²) < 4.78 is 0. The molecule has 0 aliphatic heterocycles. The van der Waals surface area contributed by atoms with Crippen LogP contribution < -0.4 is 4.90 Å². The van der Waals surface area contributed by atoms with Gasteiger partial charge in [0.05, 0.1) is 6.54 Å². The minimum Gasteiger partial charge on any atom is -0.288 e. The zero-order valence-corrected chi connectivity index (χ0v) is 13.3. The number of nitrogens with zero attached hydrogens (tertiary/aromatic N) is 2. The Morgan fingerprint density at radius 3 is 2.57 bits per heavy atom. The molecular formula is C19H16N2OS. The van der Waals surface area contributed by atoms with E-state index in [9.17, 15) is 4.79 Å². The largest absolute Gasteiger partial charge is 0.288 e. The summed E-state index contributed by atoms with van der Waals surface area (Å²) in [6, 6.07) is 19.4. The highest BCUT2D eigenvalue weighted by atomic mass is 32.1. The minimum absolute atomic E-state index is 0.0825. The van der Waals surface area contributed by atoms with Crippen molar-refractivity contribution in [3.8, 4) is 0 Å². The van der Waals surface area contributed by atoms with Gasteiger partial charge in [-0.3, -0.25) is 9.69 Å². The second-order valence-electron chi connectivity index (χ2n) is 4.94. The van der Waals surface area contributed by atoms with Crippen LogP contribution in [0.1, 0.15) is 10.4 Å². The maximum absolute atomic E-state index is 12.6. The molecule has 0 aliphatic rings. The molecule has 0 bridgehead atoms. The molecule has 0 atom stereocenters. The van der Waals surface area contributed by atoms with E-state index in [0.29, 0.717) is 12.4 Å². The van der Waals surface area contributed by atoms with Gasteiger partial charge in [-0.1, -0.05) is 42.5 Å². The molecule has 0 unspecified atom stereocenters. The molecule has 3 aromatic rings. The Balaban J connectivity index is 1.82. The fraction of sp³-hybridized carbons (Fsp3) is 0.0526. The second kappa shape index (κ2) is 7.51. The Morgan fingerprint density at radius 2 is 1.87 bits per heavy atom. The van der Waals surface area contributed by atoms with E-state index in [1.807, 2.05) is 72.1 Å². The molecule has 23 heavy (non-hydrogen) atoms. The lowest BCUT2D eigenvalue weighted by Crippen LogP contribution is -2.29. The Hall–Kier alpha value is -2.72. The normalized spacial score (nSPS) is 10.8. The van der Waals surface area contributed by atoms with Crippen LogP contribution in [0.25, 0.3) is 6.08 Å². The van der Waals surface area contributed by atoms with Crippen LogP contribution in [0.5, 0.6) is 0 Å². The summed E-state index contributed by atoms with van der Waals surface area (Å²) in [6.45, 7) is 0.520. The van der Waals surface area contributed by atoms with Gasteiger partial charge in [-0.2, -0.15) is 0 Å². The van der Waals surface area contributed by atoms with Crippen molar-refractivity contribution in [1.82, 2.24) is 4.98 Å². The molecule has 1 amide bonds. The van der Waals surface area contributed by atoms with Gasteiger partial charge in [0.1, 0.15) is 5.82 Å². The Kier molecular flexibility index (Phi) is 4.96. The van der Waals surface area contributed by atoms with Crippen LogP contribution in [-0.4, -0.2) is 10.9 Å². The Bertz CT molecular complexity index is 768. The van der Waals surface area contributed by atoms with Crippen molar-refractivity contribution in [3.05, 3.63) is 88.8 Å². The van der Waals surface area contributed by atoms with Crippen molar-refractivity contribution in [3.63, 3.8) is 0 Å². The van der Waals surface area contributed by atoms with Crippen LogP contribution >= 0.6 is 11.3 Å². The van der Waals surface area contributed by atoms with Crippen molar-refractivity contribution in [2.75, 3.05) is 4.90 Å². The highest BCUT2D eigenvalue weighted by Crippen LogP contribution is 2.18. The van der Waals surface area contributed by atoms with E-state index in [0.717, 1.165) is 10.4 Å². The quantitative estimate of drug-likeness (QED) is 0.653. The monoisotopic (exact) mass is 320 g/mol. The van der Waals surface area contributed by atoms with Crippen molar-refractivity contribution < 1.29 is 4.79 Å². The van der Waals surface area contributed by atoms with Gasteiger partial charge in [-0.15, -0.1) is 11.3 Å². The number of carbonyl (C=O) groups excluding carboxylic acids is 1. The zero-order valence-electron chi connectivity index (χ0n) is 12.5. The van der Waals surface area contributed by atoms with Gasteiger partial charge in [-0.05, 0) is 35.2 Å². The third-order valence-electron chi connectivity index (χ3n) is 3.30. The molecule has 3 rings (SSSR count). The molecule has 3 nitrogen and oxygen atoms in total. The first-order chi connectivity index (χ1) is 11.3. The van der Waals surface area contributed by atoms with Gasteiger partial charge < -0.3 is 0 Å². The van der Waals surface area contributed by atoms with Crippen LogP contribution in [0.2, 0.25) is 0 Å². The third kappa shape index (κ3) is 4.14. The molecule has 0 aliphatic carbocycles. The highest BCUT2D eigenvalue weighted by Gasteiger charge is 2.15. The first kappa shape index (κ1) is 15.2. The standard InChI is InChI=1S/C19H16N2OS/c22-19(12-11-16-7-2-1-3-8-16)21(15-17-9-6-14-23-17)18-10-4-5-13-20-18/h1-14H,15H2/b12-11+. The van der Waals surface area contributed by atoms with E-state index in [-0.39, 0.29) is 5.91 Å². The average molecular weight is 320 g/mol. The molecule has 0 saturated heterocycles. The van der Waals surface area contributed by atoms with Gasteiger partial charge in [0.15, 0.2) is 0 Å². The third-order valence-corrected chi connectivity index (χ3v) is 4.16. The van der Waals surface area contributed by atoms with Crippen LogP contribution in [-0.2, 0) is 11.3 Å². The van der Waals surface area contributed by atoms with Gasteiger partial charge >= 0.3 is 0 Å².